The number of nitrogens with two attached hydrogens (primary N) is 1. The topological polar surface area (TPSA) is 84.2 Å². The SMILES string of the molecule is CCCCC(CN)NC(=O)CCNC(=O)c1ccsc1. The molecule has 1 aromatic rings. The lowest BCUT2D eigenvalue weighted by Gasteiger charge is -2.16. The fourth-order valence-corrected chi connectivity index (χ4v) is 2.42. The van der Waals surface area contributed by atoms with Gasteiger partial charge < -0.3 is 16.4 Å². The Hall–Kier alpha value is -1.40. The Morgan fingerprint density at radius 3 is 2.85 bits per heavy atom. The minimum Gasteiger partial charge on any atom is -0.352 e. The Balaban J connectivity index is 2.20. The van der Waals surface area contributed by atoms with E-state index in [4.69, 9.17) is 5.73 Å². The van der Waals surface area contributed by atoms with Gasteiger partial charge in [-0.05, 0) is 17.9 Å². The van der Waals surface area contributed by atoms with E-state index in [-0.39, 0.29) is 24.3 Å². The second-order valence-electron chi connectivity index (χ2n) is 4.66. The predicted molar refractivity (Wildman–Crippen MR) is 81.8 cm³/mol. The Morgan fingerprint density at radius 2 is 2.25 bits per heavy atom. The normalized spacial score (nSPS) is 11.9. The highest BCUT2D eigenvalue weighted by Gasteiger charge is 2.11. The van der Waals surface area contributed by atoms with Gasteiger partial charge >= 0.3 is 0 Å². The molecule has 20 heavy (non-hydrogen) atoms. The van der Waals surface area contributed by atoms with Crippen molar-refractivity contribution in [2.24, 2.45) is 5.73 Å². The predicted octanol–water partition coefficient (Wildman–Crippen LogP) is 1.50. The molecule has 0 aliphatic heterocycles. The van der Waals surface area contributed by atoms with E-state index in [1.165, 1.54) is 11.3 Å². The van der Waals surface area contributed by atoms with Crippen molar-refractivity contribution in [3.05, 3.63) is 22.4 Å². The summed E-state index contributed by atoms with van der Waals surface area (Å²) >= 11 is 1.47. The van der Waals surface area contributed by atoms with Gasteiger partial charge in [0, 0.05) is 36.5 Å². The van der Waals surface area contributed by atoms with Crippen molar-refractivity contribution in [3.63, 3.8) is 0 Å². The fraction of sp³-hybridized carbons (Fsp3) is 0.571. The zero-order chi connectivity index (χ0) is 14.8. The molecule has 0 saturated carbocycles. The molecule has 0 saturated heterocycles. The number of amides is 2. The monoisotopic (exact) mass is 297 g/mol. The summed E-state index contributed by atoms with van der Waals surface area (Å²) in [4.78, 5) is 23.4. The number of unbranched alkanes of at least 4 members (excludes halogenated alkanes) is 1. The van der Waals surface area contributed by atoms with Crippen LogP contribution in [-0.4, -0.2) is 30.9 Å². The van der Waals surface area contributed by atoms with Crippen LogP contribution in [0.2, 0.25) is 0 Å². The fourth-order valence-electron chi connectivity index (χ4n) is 1.78. The van der Waals surface area contributed by atoms with Crippen LogP contribution in [0.15, 0.2) is 16.8 Å². The maximum Gasteiger partial charge on any atom is 0.252 e. The summed E-state index contributed by atoms with van der Waals surface area (Å²) < 4.78 is 0. The summed E-state index contributed by atoms with van der Waals surface area (Å²) in [6, 6.07) is 1.80. The number of carbonyl (C=O) groups is 2. The molecule has 1 heterocycles. The van der Waals surface area contributed by atoms with Crippen LogP contribution in [0.1, 0.15) is 43.0 Å². The number of hydrogen-bond donors (Lipinski definition) is 3. The zero-order valence-corrected chi connectivity index (χ0v) is 12.7. The lowest BCUT2D eigenvalue weighted by molar-refractivity contribution is -0.121. The molecular formula is C14H23N3O2S. The van der Waals surface area contributed by atoms with Gasteiger partial charge in [0.2, 0.25) is 5.91 Å². The Labute approximate surface area is 123 Å². The van der Waals surface area contributed by atoms with Gasteiger partial charge in [-0.3, -0.25) is 9.59 Å². The summed E-state index contributed by atoms with van der Waals surface area (Å²) in [5.74, 6) is -0.206. The highest BCUT2D eigenvalue weighted by molar-refractivity contribution is 7.08. The Kier molecular flexibility index (Phi) is 7.91. The van der Waals surface area contributed by atoms with Crippen LogP contribution in [0.5, 0.6) is 0 Å². The third-order valence-electron chi connectivity index (χ3n) is 2.98. The van der Waals surface area contributed by atoms with E-state index >= 15 is 0 Å². The number of nitrogens with one attached hydrogen (secondary N) is 2. The molecule has 1 atom stereocenters. The maximum atomic E-state index is 11.7. The van der Waals surface area contributed by atoms with Crippen LogP contribution in [-0.2, 0) is 4.79 Å². The number of rotatable bonds is 9. The van der Waals surface area contributed by atoms with E-state index in [2.05, 4.69) is 17.6 Å². The number of thiophene rings is 1. The van der Waals surface area contributed by atoms with E-state index in [1.54, 1.807) is 11.4 Å². The molecule has 6 heteroatoms. The highest BCUT2D eigenvalue weighted by Crippen LogP contribution is 2.05. The number of carbonyl (C=O) groups excluding carboxylic acids is 2. The standard InChI is InChI=1S/C14H23N3O2S/c1-2-3-4-12(9-15)17-13(18)5-7-16-14(19)11-6-8-20-10-11/h6,8,10,12H,2-5,7,9,15H2,1H3,(H,16,19)(H,17,18). The van der Waals surface area contributed by atoms with Crippen molar-refractivity contribution in [3.8, 4) is 0 Å². The largest absolute Gasteiger partial charge is 0.352 e. The second-order valence-corrected chi connectivity index (χ2v) is 5.44. The molecule has 0 aliphatic rings. The van der Waals surface area contributed by atoms with Gasteiger partial charge in [-0.25, -0.2) is 0 Å². The average Bonchev–Trinajstić information content (AvgIpc) is 2.97. The van der Waals surface area contributed by atoms with Crippen LogP contribution in [0.25, 0.3) is 0 Å². The van der Waals surface area contributed by atoms with Crippen molar-refractivity contribution >= 4 is 23.2 Å². The van der Waals surface area contributed by atoms with Crippen molar-refractivity contribution < 1.29 is 9.59 Å². The first-order valence-corrected chi connectivity index (χ1v) is 7.91. The van der Waals surface area contributed by atoms with E-state index in [9.17, 15) is 9.59 Å². The first-order chi connectivity index (χ1) is 9.67. The van der Waals surface area contributed by atoms with Gasteiger partial charge in [0.05, 0.1) is 0 Å². The van der Waals surface area contributed by atoms with Crippen LogP contribution < -0.4 is 16.4 Å². The summed E-state index contributed by atoms with van der Waals surface area (Å²) in [6.07, 6.45) is 3.32. The summed E-state index contributed by atoms with van der Waals surface area (Å²) in [6.45, 7) is 2.90. The van der Waals surface area contributed by atoms with Crippen LogP contribution in [0.4, 0.5) is 0 Å². The molecule has 0 fully saturated rings. The highest BCUT2D eigenvalue weighted by atomic mass is 32.1. The minimum atomic E-state index is -0.139. The molecule has 5 nitrogen and oxygen atoms in total. The Bertz CT molecular complexity index is 407. The van der Waals surface area contributed by atoms with Gasteiger partial charge in [0.25, 0.3) is 5.91 Å². The number of hydrogen-bond acceptors (Lipinski definition) is 4. The average molecular weight is 297 g/mol. The molecule has 1 rings (SSSR count). The summed E-state index contributed by atoms with van der Waals surface area (Å²) in [7, 11) is 0. The first kappa shape index (κ1) is 16.7. The zero-order valence-electron chi connectivity index (χ0n) is 11.9. The first-order valence-electron chi connectivity index (χ1n) is 6.97. The molecule has 0 spiro atoms. The molecule has 1 aromatic heterocycles. The van der Waals surface area contributed by atoms with Gasteiger partial charge in [0.15, 0.2) is 0 Å². The summed E-state index contributed by atoms with van der Waals surface area (Å²) in [5.41, 5.74) is 6.26. The van der Waals surface area contributed by atoms with Crippen molar-refractivity contribution in [2.75, 3.05) is 13.1 Å². The summed E-state index contributed by atoms with van der Waals surface area (Å²) in [5, 5.41) is 9.25. The van der Waals surface area contributed by atoms with Gasteiger partial charge in [0.1, 0.15) is 0 Å². The Morgan fingerprint density at radius 1 is 1.45 bits per heavy atom. The van der Waals surface area contributed by atoms with E-state index < -0.39 is 0 Å². The molecule has 0 aromatic carbocycles. The van der Waals surface area contributed by atoms with Gasteiger partial charge in [-0.15, -0.1) is 0 Å². The molecule has 4 N–H and O–H groups in total. The molecule has 112 valence electrons. The van der Waals surface area contributed by atoms with Crippen molar-refractivity contribution in [1.82, 2.24) is 10.6 Å². The molecule has 0 radical (unpaired) electrons. The third kappa shape index (κ3) is 6.16. The third-order valence-corrected chi connectivity index (χ3v) is 3.66. The second kappa shape index (κ2) is 9.50. The smallest absolute Gasteiger partial charge is 0.252 e. The molecule has 2 amide bonds. The molecule has 0 bridgehead atoms. The minimum absolute atomic E-state index is 0.0371. The van der Waals surface area contributed by atoms with Crippen LogP contribution >= 0.6 is 11.3 Å². The molecular weight excluding hydrogens is 274 g/mol. The van der Waals surface area contributed by atoms with Crippen molar-refractivity contribution in [2.45, 2.75) is 38.6 Å². The van der Waals surface area contributed by atoms with Gasteiger partial charge in [-0.1, -0.05) is 19.8 Å². The quantitative estimate of drug-likeness (QED) is 0.646. The van der Waals surface area contributed by atoms with Crippen LogP contribution in [0.3, 0.4) is 0 Å². The van der Waals surface area contributed by atoms with Gasteiger partial charge in [-0.2, -0.15) is 11.3 Å². The maximum absolute atomic E-state index is 11.7. The van der Waals surface area contributed by atoms with E-state index in [1.807, 2.05) is 5.38 Å². The molecule has 1 unspecified atom stereocenters. The lowest BCUT2D eigenvalue weighted by Crippen LogP contribution is -2.41. The van der Waals surface area contributed by atoms with E-state index in [0.29, 0.717) is 18.7 Å². The van der Waals surface area contributed by atoms with E-state index in [0.717, 1.165) is 19.3 Å². The molecule has 0 aliphatic carbocycles. The van der Waals surface area contributed by atoms with Crippen molar-refractivity contribution in [1.29, 1.82) is 0 Å². The lowest BCUT2D eigenvalue weighted by atomic mass is 10.1. The van der Waals surface area contributed by atoms with Crippen LogP contribution in [0, 0.1) is 0 Å².